The third-order valence-electron chi connectivity index (χ3n) is 4.44. The van der Waals surface area contributed by atoms with E-state index in [1.807, 2.05) is 12.1 Å². The number of hydrogen-bond donors (Lipinski definition) is 1. The van der Waals surface area contributed by atoms with Gasteiger partial charge in [-0.1, -0.05) is 48.0 Å². The Labute approximate surface area is 138 Å². The molecule has 0 aromatic heterocycles. The van der Waals surface area contributed by atoms with E-state index >= 15 is 0 Å². The molecule has 1 saturated heterocycles. The Morgan fingerprint density at radius 3 is 2.45 bits per heavy atom. The number of aryl methyl sites for hydroxylation is 1. The number of likely N-dealkylation sites (tertiary alicyclic amines) is 1. The Morgan fingerprint density at radius 2 is 1.73 bits per heavy atom. The van der Waals surface area contributed by atoms with Crippen LogP contribution in [0.2, 0.25) is 5.02 Å². The first kappa shape index (κ1) is 15.4. The summed E-state index contributed by atoms with van der Waals surface area (Å²) in [6, 6.07) is 17.2. The van der Waals surface area contributed by atoms with Crippen molar-refractivity contribution in [1.82, 2.24) is 4.90 Å². The minimum atomic E-state index is 0.573. The highest BCUT2D eigenvalue weighted by Gasteiger charge is 2.19. The van der Waals surface area contributed by atoms with E-state index in [4.69, 9.17) is 11.6 Å². The van der Waals surface area contributed by atoms with Gasteiger partial charge in [0.15, 0.2) is 0 Å². The van der Waals surface area contributed by atoms with Crippen LogP contribution < -0.4 is 5.32 Å². The molecule has 2 aromatic carbocycles. The Bertz CT molecular complexity index is 563. The van der Waals surface area contributed by atoms with E-state index in [0.29, 0.717) is 6.04 Å². The summed E-state index contributed by atoms with van der Waals surface area (Å²) in [5.41, 5.74) is 3.82. The Morgan fingerprint density at radius 1 is 1.05 bits per heavy atom. The van der Waals surface area contributed by atoms with Gasteiger partial charge in [-0.25, -0.2) is 0 Å². The maximum absolute atomic E-state index is 6.26. The Hall–Kier alpha value is -1.51. The number of anilines is 1. The number of para-hydroxylation sites is 1. The maximum atomic E-state index is 6.26. The van der Waals surface area contributed by atoms with Crippen LogP contribution in [0.3, 0.4) is 0 Å². The van der Waals surface area contributed by atoms with E-state index < -0.39 is 0 Å². The summed E-state index contributed by atoms with van der Waals surface area (Å²) < 4.78 is 0. The molecule has 0 aliphatic carbocycles. The molecule has 0 saturated carbocycles. The lowest BCUT2D eigenvalue weighted by Gasteiger charge is -2.33. The Balaban J connectivity index is 1.52. The van der Waals surface area contributed by atoms with E-state index in [0.717, 1.165) is 24.7 Å². The van der Waals surface area contributed by atoms with E-state index in [-0.39, 0.29) is 0 Å². The summed E-state index contributed by atoms with van der Waals surface area (Å²) in [6.45, 7) is 5.36. The first-order chi connectivity index (χ1) is 10.7. The molecule has 3 heteroatoms. The van der Waals surface area contributed by atoms with Crippen LogP contribution in [0.25, 0.3) is 0 Å². The van der Waals surface area contributed by atoms with Crippen molar-refractivity contribution in [2.75, 3.05) is 18.4 Å². The molecule has 2 nitrogen and oxygen atoms in total. The first-order valence-corrected chi connectivity index (χ1v) is 8.38. The monoisotopic (exact) mass is 314 g/mol. The van der Waals surface area contributed by atoms with Gasteiger partial charge in [0, 0.05) is 36.4 Å². The molecule has 116 valence electrons. The highest BCUT2D eigenvalue weighted by atomic mass is 35.5. The minimum Gasteiger partial charge on any atom is -0.382 e. The van der Waals surface area contributed by atoms with Crippen molar-refractivity contribution in [3.8, 4) is 0 Å². The quantitative estimate of drug-likeness (QED) is 0.878. The lowest BCUT2D eigenvalue weighted by molar-refractivity contribution is 0.211. The fraction of sp³-hybridized carbons (Fsp3) is 0.368. The molecular formula is C19H23ClN2. The molecule has 1 aliphatic heterocycles. The molecule has 0 bridgehead atoms. The van der Waals surface area contributed by atoms with Crippen LogP contribution in [0.4, 0.5) is 5.69 Å². The predicted molar refractivity (Wildman–Crippen MR) is 94.6 cm³/mol. The molecule has 0 spiro atoms. The highest BCUT2D eigenvalue weighted by Crippen LogP contribution is 2.22. The molecule has 0 radical (unpaired) electrons. The number of hydrogen-bond acceptors (Lipinski definition) is 2. The molecule has 0 atom stereocenters. The lowest BCUT2D eigenvalue weighted by Crippen LogP contribution is -2.38. The second-order valence-corrected chi connectivity index (χ2v) is 6.51. The molecule has 22 heavy (non-hydrogen) atoms. The van der Waals surface area contributed by atoms with E-state index in [1.165, 1.54) is 29.7 Å². The third-order valence-corrected chi connectivity index (χ3v) is 4.81. The predicted octanol–water partition coefficient (Wildman–Crippen LogP) is 4.72. The minimum absolute atomic E-state index is 0.573. The molecule has 1 fully saturated rings. The van der Waals surface area contributed by atoms with Crippen LogP contribution in [0.5, 0.6) is 0 Å². The smallest absolute Gasteiger partial charge is 0.0451 e. The maximum Gasteiger partial charge on any atom is 0.0451 e. The van der Waals surface area contributed by atoms with Gasteiger partial charge in [-0.15, -0.1) is 0 Å². The molecule has 2 aromatic rings. The summed E-state index contributed by atoms with van der Waals surface area (Å²) in [6.07, 6.45) is 2.36. The van der Waals surface area contributed by atoms with Crippen LogP contribution in [0.1, 0.15) is 24.0 Å². The zero-order valence-corrected chi connectivity index (χ0v) is 13.8. The van der Waals surface area contributed by atoms with Crippen LogP contribution in [0, 0.1) is 6.92 Å². The van der Waals surface area contributed by atoms with Crippen LogP contribution in [0.15, 0.2) is 48.5 Å². The Kier molecular flexibility index (Phi) is 5.01. The fourth-order valence-corrected chi connectivity index (χ4v) is 3.25. The summed E-state index contributed by atoms with van der Waals surface area (Å²) in [4.78, 5) is 2.50. The van der Waals surface area contributed by atoms with Gasteiger partial charge >= 0.3 is 0 Å². The summed E-state index contributed by atoms with van der Waals surface area (Å²) in [5, 5.41) is 4.57. The molecule has 1 aliphatic rings. The zero-order valence-electron chi connectivity index (χ0n) is 13.1. The normalized spacial score (nSPS) is 16.6. The molecular weight excluding hydrogens is 292 g/mol. The number of benzene rings is 2. The summed E-state index contributed by atoms with van der Waals surface area (Å²) >= 11 is 6.26. The number of piperidine rings is 1. The average Bonchev–Trinajstić information content (AvgIpc) is 2.54. The van der Waals surface area contributed by atoms with Crippen molar-refractivity contribution in [2.24, 2.45) is 0 Å². The molecule has 1 heterocycles. The second-order valence-electron chi connectivity index (χ2n) is 6.10. The van der Waals surface area contributed by atoms with Crippen molar-refractivity contribution in [3.05, 3.63) is 64.7 Å². The van der Waals surface area contributed by atoms with Crippen molar-refractivity contribution in [1.29, 1.82) is 0 Å². The SMILES string of the molecule is Cc1ccccc1NC1CCN(Cc2ccccc2Cl)CC1. The van der Waals surface area contributed by atoms with Crippen molar-refractivity contribution < 1.29 is 0 Å². The number of nitrogens with zero attached hydrogens (tertiary/aromatic N) is 1. The van der Waals surface area contributed by atoms with Crippen LogP contribution >= 0.6 is 11.6 Å². The number of halogens is 1. The third kappa shape index (κ3) is 3.82. The first-order valence-electron chi connectivity index (χ1n) is 8.00. The van der Waals surface area contributed by atoms with Gasteiger partial charge in [0.05, 0.1) is 0 Å². The topological polar surface area (TPSA) is 15.3 Å². The lowest BCUT2D eigenvalue weighted by atomic mass is 10.0. The number of nitrogens with one attached hydrogen (secondary N) is 1. The van der Waals surface area contributed by atoms with Crippen LogP contribution in [-0.4, -0.2) is 24.0 Å². The molecule has 3 rings (SSSR count). The van der Waals surface area contributed by atoms with Gasteiger partial charge in [0.2, 0.25) is 0 Å². The number of rotatable bonds is 4. The molecule has 0 amide bonds. The van der Waals surface area contributed by atoms with Crippen molar-refractivity contribution >= 4 is 17.3 Å². The van der Waals surface area contributed by atoms with E-state index in [1.54, 1.807) is 0 Å². The van der Waals surface area contributed by atoms with Crippen LogP contribution in [-0.2, 0) is 6.54 Å². The standard InChI is InChI=1S/C19H23ClN2/c1-15-6-2-5-9-19(15)21-17-10-12-22(13-11-17)14-16-7-3-4-8-18(16)20/h2-9,17,21H,10-14H2,1H3. The van der Waals surface area contributed by atoms with Gasteiger partial charge in [-0.05, 0) is 43.0 Å². The van der Waals surface area contributed by atoms with Crippen molar-refractivity contribution in [2.45, 2.75) is 32.4 Å². The summed E-state index contributed by atoms with van der Waals surface area (Å²) in [7, 11) is 0. The molecule has 1 N–H and O–H groups in total. The van der Waals surface area contributed by atoms with E-state index in [2.05, 4.69) is 53.5 Å². The second kappa shape index (κ2) is 7.17. The van der Waals surface area contributed by atoms with Gasteiger partial charge in [-0.2, -0.15) is 0 Å². The average molecular weight is 315 g/mol. The fourth-order valence-electron chi connectivity index (χ4n) is 3.06. The van der Waals surface area contributed by atoms with Crippen molar-refractivity contribution in [3.63, 3.8) is 0 Å². The zero-order chi connectivity index (χ0) is 15.4. The van der Waals surface area contributed by atoms with Gasteiger partial charge < -0.3 is 5.32 Å². The van der Waals surface area contributed by atoms with Gasteiger partial charge in [0.25, 0.3) is 0 Å². The van der Waals surface area contributed by atoms with E-state index in [9.17, 15) is 0 Å². The highest BCUT2D eigenvalue weighted by molar-refractivity contribution is 6.31. The van der Waals surface area contributed by atoms with Gasteiger partial charge in [-0.3, -0.25) is 4.90 Å². The largest absolute Gasteiger partial charge is 0.382 e. The molecule has 0 unspecified atom stereocenters. The summed E-state index contributed by atoms with van der Waals surface area (Å²) in [5.74, 6) is 0. The van der Waals surface area contributed by atoms with Gasteiger partial charge in [0.1, 0.15) is 0 Å².